The zero-order chi connectivity index (χ0) is 13.9. The van der Waals surface area contributed by atoms with E-state index < -0.39 is 0 Å². The van der Waals surface area contributed by atoms with Crippen LogP contribution in [0.4, 0.5) is 0 Å². The maximum absolute atomic E-state index is 5.70. The summed E-state index contributed by atoms with van der Waals surface area (Å²) in [5.41, 5.74) is 1.32. The summed E-state index contributed by atoms with van der Waals surface area (Å²) in [4.78, 5) is 0. The van der Waals surface area contributed by atoms with Crippen molar-refractivity contribution >= 4 is 0 Å². The summed E-state index contributed by atoms with van der Waals surface area (Å²) in [7, 11) is 0. The summed E-state index contributed by atoms with van der Waals surface area (Å²) in [5.74, 6) is 1.76. The molecule has 1 N–H and O–H groups in total. The Morgan fingerprint density at radius 3 is 2.47 bits per heavy atom. The Balaban J connectivity index is 2.19. The predicted molar refractivity (Wildman–Crippen MR) is 82.6 cm³/mol. The monoisotopic (exact) mass is 263 g/mol. The van der Waals surface area contributed by atoms with E-state index in [1.807, 2.05) is 0 Å². The van der Waals surface area contributed by atoms with Crippen LogP contribution in [0.15, 0.2) is 24.3 Å². The van der Waals surface area contributed by atoms with Gasteiger partial charge in [-0.1, -0.05) is 45.7 Å². The predicted octanol–water partition coefficient (Wildman–Crippen LogP) is 4.39. The molecule has 0 spiro atoms. The first kappa shape index (κ1) is 16.0. The molecule has 2 heteroatoms. The maximum Gasteiger partial charge on any atom is 0.119 e. The van der Waals surface area contributed by atoms with Gasteiger partial charge in [0.05, 0.1) is 6.61 Å². The van der Waals surface area contributed by atoms with E-state index in [1.54, 1.807) is 0 Å². The molecule has 0 amide bonds. The fourth-order valence-corrected chi connectivity index (χ4v) is 1.87. The number of rotatable bonds is 10. The van der Waals surface area contributed by atoms with E-state index in [9.17, 15) is 0 Å². The van der Waals surface area contributed by atoms with E-state index in [-0.39, 0.29) is 0 Å². The summed E-state index contributed by atoms with van der Waals surface area (Å²) >= 11 is 0. The molecule has 2 nitrogen and oxygen atoms in total. The van der Waals surface area contributed by atoms with Crippen LogP contribution in [0.1, 0.15) is 52.0 Å². The standard InChI is InChI=1S/C17H29NO/c1-4-5-6-13-19-17-9-7-16(8-10-17)14-18-12-11-15(2)3/h7-10,15,18H,4-6,11-14H2,1-3H3. The van der Waals surface area contributed by atoms with Crippen LogP contribution in [0.2, 0.25) is 0 Å². The van der Waals surface area contributed by atoms with E-state index in [0.717, 1.165) is 37.8 Å². The van der Waals surface area contributed by atoms with Gasteiger partial charge in [0.25, 0.3) is 0 Å². The van der Waals surface area contributed by atoms with E-state index in [4.69, 9.17) is 4.74 Å². The van der Waals surface area contributed by atoms with E-state index in [1.165, 1.54) is 24.8 Å². The van der Waals surface area contributed by atoms with Crippen molar-refractivity contribution in [1.82, 2.24) is 5.32 Å². The molecule has 0 aliphatic carbocycles. The highest BCUT2D eigenvalue weighted by atomic mass is 16.5. The summed E-state index contributed by atoms with van der Waals surface area (Å²) < 4.78 is 5.70. The van der Waals surface area contributed by atoms with Crippen LogP contribution in [0.5, 0.6) is 5.75 Å². The smallest absolute Gasteiger partial charge is 0.119 e. The normalized spacial score (nSPS) is 10.9. The first-order chi connectivity index (χ1) is 9.22. The lowest BCUT2D eigenvalue weighted by Crippen LogP contribution is -2.16. The van der Waals surface area contributed by atoms with E-state index >= 15 is 0 Å². The Kier molecular flexibility index (Phi) is 8.31. The minimum atomic E-state index is 0.770. The molecule has 1 aromatic carbocycles. The van der Waals surface area contributed by atoms with Crippen molar-refractivity contribution in [1.29, 1.82) is 0 Å². The van der Waals surface area contributed by atoms with Gasteiger partial charge in [-0.2, -0.15) is 0 Å². The molecule has 108 valence electrons. The molecule has 1 rings (SSSR count). The Bertz CT molecular complexity index is 319. The van der Waals surface area contributed by atoms with Gasteiger partial charge in [0.1, 0.15) is 5.75 Å². The first-order valence-corrected chi connectivity index (χ1v) is 7.64. The number of nitrogens with one attached hydrogen (secondary N) is 1. The van der Waals surface area contributed by atoms with Gasteiger partial charge in [-0.15, -0.1) is 0 Å². The number of hydrogen-bond donors (Lipinski definition) is 1. The van der Waals surface area contributed by atoms with Crippen molar-refractivity contribution in [3.63, 3.8) is 0 Å². The van der Waals surface area contributed by atoms with Gasteiger partial charge >= 0.3 is 0 Å². The number of benzene rings is 1. The fraction of sp³-hybridized carbons (Fsp3) is 0.647. The van der Waals surface area contributed by atoms with Crippen LogP contribution in [-0.4, -0.2) is 13.2 Å². The summed E-state index contributed by atoms with van der Waals surface area (Å²) in [5, 5.41) is 3.47. The van der Waals surface area contributed by atoms with Crippen molar-refractivity contribution in [3.8, 4) is 5.75 Å². The van der Waals surface area contributed by atoms with Crippen molar-refractivity contribution in [2.75, 3.05) is 13.2 Å². The Morgan fingerprint density at radius 2 is 1.84 bits per heavy atom. The molecule has 0 bridgehead atoms. The summed E-state index contributed by atoms with van der Waals surface area (Å²) in [6, 6.07) is 8.45. The third-order valence-electron chi connectivity index (χ3n) is 3.17. The SMILES string of the molecule is CCCCCOc1ccc(CNCCC(C)C)cc1. The van der Waals surface area contributed by atoms with Gasteiger partial charge in [-0.3, -0.25) is 0 Å². The third kappa shape index (κ3) is 7.89. The van der Waals surface area contributed by atoms with Crippen LogP contribution in [0.25, 0.3) is 0 Å². The van der Waals surface area contributed by atoms with Crippen LogP contribution >= 0.6 is 0 Å². The molecule has 0 aliphatic rings. The molecule has 0 fully saturated rings. The Labute approximate surface area is 118 Å². The highest BCUT2D eigenvalue weighted by Crippen LogP contribution is 2.13. The Morgan fingerprint density at radius 1 is 1.11 bits per heavy atom. The lowest BCUT2D eigenvalue weighted by molar-refractivity contribution is 0.306. The number of unbranched alkanes of at least 4 members (excludes halogenated alkanes) is 2. The summed E-state index contributed by atoms with van der Waals surface area (Å²) in [6.07, 6.45) is 4.87. The van der Waals surface area contributed by atoms with Crippen LogP contribution in [-0.2, 0) is 6.54 Å². The second kappa shape index (κ2) is 9.85. The molecule has 0 heterocycles. The molecule has 0 aliphatic heterocycles. The van der Waals surface area contributed by atoms with Crippen molar-refractivity contribution in [2.45, 2.75) is 53.0 Å². The van der Waals surface area contributed by atoms with E-state index in [2.05, 4.69) is 50.4 Å². The average Bonchev–Trinajstić information content (AvgIpc) is 2.41. The summed E-state index contributed by atoms with van der Waals surface area (Å²) in [6.45, 7) is 9.59. The van der Waals surface area contributed by atoms with Gasteiger partial charge in [-0.25, -0.2) is 0 Å². The van der Waals surface area contributed by atoms with Crippen LogP contribution < -0.4 is 10.1 Å². The first-order valence-electron chi connectivity index (χ1n) is 7.64. The molecular weight excluding hydrogens is 234 g/mol. The molecule has 19 heavy (non-hydrogen) atoms. The highest BCUT2D eigenvalue weighted by molar-refractivity contribution is 5.27. The highest BCUT2D eigenvalue weighted by Gasteiger charge is 1.97. The lowest BCUT2D eigenvalue weighted by Gasteiger charge is -2.09. The maximum atomic E-state index is 5.70. The second-order valence-electron chi connectivity index (χ2n) is 5.56. The van der Waals surface area contributed by atoms with E-state index in [0.29, 0.717) is 0 Å². The largest absolute Gasteiger partial charge is 0.494 e. The van der Waals surface area contributed by atoms with Gasteiger partial charge < -0.3 is 10.1 Å². The van der Waals surface area contributed by atoms with Gasteiger partial charge in [0.15, 0.2) is 0 Å². The minimum Gasteiger partial charge on any atom is -0.494 e. The molecule has 1 aromatic rings. The van der Waals surface area contributed by atoms with Crippen molar-refractivity contribution in [3.05, 3.63) is 29.8 Å². The lowest BCUT2D eigenvalue weighted by atomic mass is 10.1. The number of ether oxygens (including phenoxy) is 1. The molecular formula is C17H29NO. The third-order valence-corrected chi connectivity index (χ3v) is 3.17. The molecule has 0 atom stereocenters. The van der Waals surface area contributed by atoms with Gasteiger partial charge in [0.2, 0.25) is 0 Å². The van der Waals surface area contributed by atoms with Crippen LogP contribution in [0, 0.1) is 5.92 Å². The molecule has 0 saturated carbocycles. The molecule has 0 saturated heterocycles. The molecule has 0 aromatic heterocycles. The van der Waals surface area contributed by atoms with Crippen LogP contribution in [0.3, 0.4) is 0 Å². The molecule has 0 radical (unpaired) electrons. The molecule has 0 unspecified atom stereocenters. The second-order valence-corrected chi connectivity index (χ2v) is 5.56. The van der Waals surface area contributed by atoms with Crippen molar-refractivity contribution < 1.29 is 4.74 Å². The topological polar surface area (TPSA) is 21.3 Å². The minimum absolute atomic E-state index is 0.770. The zero-order valence-corrected chi connectivity index (χ0v) is 12.7. The van der Waals surface area contributed by atoms with Crippen molar-refractivity contribution in [2.24, 2.45) is 5.92 Å². The quantitative estimate of drug-likeness (QED) is 0.632. The zero-order valence-electron chi connectivity index (χ0n) is 12.7. The van der Waals surface area contributed by atoms with Gasteiger partial charge in [-0.05, 0) is 43.0 Å². The number of hydrogen-bond acceptors (Lipinski definition) is 2. The Hall–Kier alpha value is -1.02. The fourth-order valence-electron chi connectivity index (χ4n) is 1.87. The van der Waals surface area contributed by atoms with Gasteiger partial charge in [0, 0.05) is 6.54 Å². The average molecular weight is 263 g/mol.